The largest absolute Gasteiger partial charge is 0.497 e. The normalized spacial score (nSPS) is 11.0. The third-order valence-electron chi connectivity index (χ3n) is 4.22. The summed E-state index contributed by atoms with van der Waals surface area (Å²) in [5.41, 5.74) is 1.55. The zero-order valence-electron chi connectivity index (χ0n) is 16.4. The minimum absolute atomic E-state index is 0.182. The molecule has 2 rings (SSSR count). The molecule has 0 saturated carbocycles. The standard InChI is InChI=1S/C20H24N2O5S/c1-15(23)17-6-5-7-18(12-17)22(28(4,25)26)14-20(24)21(2)13-16-8-10-19(27-3)11-9-16/h5-12H,13-14H2,1-4H3. The van der Waals surface area contributed by atoms with Crippen molar-refractivity contribution in [3.63, 3.8) is 0 Å². The molecule has 1 amide bonds. The molecule has 0 heterocycles. The predicted molar refractivity (Wildman–Crippen MR) is 108 cm³/mol. The maximum absolute atomic E-state index is 12.6. The van der Waals surface area contributed by atoms with Crippen LogP contribution in [-0.4, -0.2) is 52.0 Å². The molecule has 0 unspecified atom stereocenters. The lowest BCUT2D eigenvalue weighted by Crippen LogP contribution is -2.41. The van der Waals surface area contributed by atoms with E-state index in [-0.39, 0.29) is 23.9 Å². The molecule has 0 spiro atoms. The number of rotatable bonds is 8. The van der Waals surface area contributed by atoms with Gasteiger partial charge >= 0.3 is 0 Å². The van der Waals surface area contributed by atoms with Crippen molar-refractivity contribution in [3.8, 4) is 5.75 Å². The summed E-state index contributed by atoms with van der Waals surface area (Å²) in [6.07, 6.45) is 1.03. The molecule has 28 heavy (non-hydrogen) atoms. The third-order valence-corrected chi connectivity index (χ3v) is 5.36. The van der Waals surface area contributed by atoms with E-state index in [2.05, 4.69) is 0 Å². The van der Waals surface area contributed by atoms with Gasteiger partial charge in [0.15, 0.2) is 5.78 Å². The number of Topliss-reactive ketones (excluding diaryl/α,β-unsaturated/α-hetero) is 1. The Bertz CT molecular complexity index is 955. The molecule has 0 N–H and O–H groups in total. The van der Waals surface area contributed by atoms with Crippen LogP contribution in [0.1, 0.15) is 22.8 Å². The van der Waals surface area contributed by atoms with Crippen LogP contribution in [0.2, 0.25) is 0 Å². The van der Waals surface area contributed by atoms with Gasteiger partial charge in [-0.05, 0) is 36.8 Å². The minimum atomic E-state index is -3.71. The van der Waals surface area contributed by atoms with Crippen molar-refractivity contribution < 1.29 is 22.7 Å². The summed E-state index contributed by atoms with van der Waals surface area (Å²) in [5, 5.41) is 0. The monoisotopic (exact) mass is 404 g/mol. The van der Waals surface area contributed by atoms with Crippen LogP contribution in [0, 0.1) is 0 Å². The van der Waals surface area contributed by atoms with E-state index >= 15 is 0 Å². The zero-order valence-corrected chi connectivity index (χ0v) is 17.2. The van der Waals surface area contributed by atoms with E-state index in [4.69, 9.17) is 4.74 Å². The van der Waals surface area contributed by atoms with Crippen molar-refractivity contribution in [1.82, 2.24) is 4.90 Å². The van der Waals surface area contributed by atoms with Crippen LogP contribution in [0.5, 0.6) is 5.75 Å². The number of hydrogen-bond donors (Lipinski definition) is 0. The van der Waals surface area contributed by atoms with Crippen LogP contribution in [0.3, 0.4) is 0 Å². The number of amides is 1. The number of ketones is 1. The number of hydrogen-bond acceptors (Lipinski definition) is 5. The number of likely N-dealkylation sites (N-methyl/N-ethyl adjacent to an activating group) is 1. The second-order valence-electron chi connectivity index (χ2n) is 6.47. The van der Waals surface area contributed by atoms with Crippen molar-refractivity contribution >= 4 is 27.4 Å². The maximum Gasteiger partial charge on any atom is 0.243 e. The van der Waals surface area contributed by atoms with Crippen LogP contribution in [0.25, 0.3) is 0 Å². The lowest BCUT2D eigenvalue weighted by Gasteiger charge is -2.25. The van der Waals surface area contributed by atoms with Crippen molar-refractivity contribution in [2.24, 2.45) is 0 Å². The Morgan fingerprint density at radius 3 is 2.25 bits per heavy atom. The van der Waals surface area contributed by atoms with E-state index in [1.807, 2.05) is 12.1 Å². The van der Waals surface area contributed by atoms with Crippen LogP contribution < -0.4 is 9.04 Å². The van der Waals surface area contributed by atoms with Crippen LogP contribution in [0.15, 0.2) is 48.5 Å². The van der Waals surface area contributed by atoms with Gasteiger partial charge in [-0.25, -0.2) is 8.42 Å². The summed E-state index contributed by atoms with van der Waals surface area (Å²) in [4.78, 5) is 25.7. The number of ether oxygens (including phenoxy) is 1. The third kappa shape index (κ3) is 5.56. The Kier molecular flexibility index (Phi) is 6.80. The predicted octanol–water partition coefficient (Wildman–Crippen LogP) is 2.32. The molecule has 0 saturated heterocycles. The zero-order chi connectivity index (χ0) is 20.9. The highest BCUT2D eigenvalue weighted by Crippen LogP contribution is 2.20. The number of sulfonamides is 1. The summed E-state index contributed by atoms with van der Waals surface area (Å²) in [5.74, 6) is 0.166. The van der Waals surface area contributed by atoms with Gasteiger partial charge in [0.1, 0.15) is 12.3 Å². The lowest BCUT2D eigenvalue weighted by molar-refractivity contribution is -0.128. The molecule has 0 aromatic heterocycles. The molecule has 0 aliphatic carbocycles. The highest BCUT2D eigenvalue weighted by molar-refractivity contribution is 7.92. The van der Waals surface area contributed by atoms with Crippen LogP contribution in [0.4, 0.5) is 5.69 Å². The van der Waals surface area contributed by atoms with E-state index in [0.717, 1.165) is 16.1 Å². The van der Waals surface area contributed by atoms with Gasteiger partial charge in [-0.2, -0.15) is 0 Å². The number of carbonyl (C=O) groups excluding carboxylic acids is 2. The average molecular weight is 404 g/mol. The molecule has 0 aliphatic heterocycles. The molecule has 2 aromatic rings. The van der Waals surface area contributed by atoms with Crippen molar-refractivity contribution in [2.75, 3.05) is 31.3 Å². The first-order chi connectivity index (χ1) is 13.1. The number of carbonyl (C=O) groups is 2. The quantitative estimate of drug-likeness (QED) is 0.631. The smallest absolute Gasteiger partial charge is 0.243 e. The second-order valence-corrected chi connectivity index (χ2v) is 8.38. The Morgan fingerprint density at radius 1 is 1.07 bits per heavy atom. The topological polar surface area (TPSA) is 84.0 Å². The SMILES string of the molecule is COc1ccc(CN(C)C(=O)CN(c2cccc(C(C)=O)c2)S(C)(=O)=O)cc1. The molecule has 0 atom stereocenters. The molecular weight excluding hydrogens is 380 g/mol. The highest BCUT2D eigenvalue weighted by Gasteiger charge is 2.23. The van der Waals surface area contributed by atoms with E-state index < -0.39 is 10.0 Å². The van der Waals surface area contributed by atoms with Crippen LogP contribution in [-0.2, 0) is 21.4 Å². The van der Waals surface area contributed by atoms with Gasteiger partial charge in [0.25, 0.3) is 0 Å². The maximum atomic E-state index is 12.6. The Hall–Kier alpha value is -2.87. The molecule has 0 bridgehead atoms. The van der Waals surface area contributed by atoms with E-state index in [1.54, 1.807) is 44.5 Å². The minimum Gasteiger partial charge on any atom is -0.497 e. The fourth-order valence-electron chi connectivity index (χ4n) is 2.62. The molecule has 8 heteroatoms. The average Bonchev–Trinajstić information content (AvgIpc) is 2.65. The Balaban J connectivity index is 2.18. The molecule has 150 valence electrons. The lowest BCUT2D eigenvalue weighted by atomic mass is 10.1. The highest BCUT2D eigenvalue weighted by atomic mass is 32.2. The van der Waals surface area contributed by atoms with Gasteiger partial charge in [-0.15, -0.1) is 0 Å². The summed E-state index contributed by atoms with van der Waals surface area (Å²) >= 11 is 0. The Morgan fingerprint density at radius 2 is 1.71 bits per heavy atom. The fourth-order valence-corrected chi connectivity index (χ4v) is 3.46. The van der Waals surface area contributed by atoms with Gasteiger partial charge in [-0.3, -0.25) is 13.9 Å². The van der Waals surface area contributed by atoms with Gasteiger partial charge in [0, 0.05) is 19.2 Å². The molecular formula is C20H24N2O5S. The van der Waals surface area contributed by atoms with Gasteiger partial charge < -0.3 is 9.64 Å². The summed E-state index contributed by atoms with van der Waals surface area (Å²) in [6.45, 7) is 1.37. The van der Waals surface area contributed by atoms with Gasteiger partial charge in [-0.1, -0.05) is 24.3 Å². The number of methoxy groups -OCH3 is 1. The molecule has 2 aromatic carbocycles. The molecule has 0 radical (unpaired) electrons. The second kappa shape index (κ2) is 8.88. The summed E-state index contributed by atoms with van der Waals surface area (Å²) in [6, 6.07) is 13.5. The van der Waals surface area contributed by atoms with E-state index in [1.165, 1.54) is 17.9 Å². The van der Waals surface area contributed by atoms with E-state index in [0.29, 0.717) is 17.9 Å². The van der Waals surface area contributed by atoms with Crippen LogP contribution >= 0.6 is 0 Å². The number of anilines is 1. The number of benzene rings is 2. The molecule has 0 fully saturated rings. The summed E-state index contributed by atoms with van der Waals surface area (Å²) in [7, 11) is -0.528. The first-order valence-corrected chi connectivity index (χ1v) is 10.4. The fraction of sp³-hybridized carbons (Fsp3) is 0.300. The first kappa shape index (κ1) is 21.4. The first-order valence-electron chi connectivity index (χ1n) is 8.57. The van der Waals surface area contributed by atoms with E-state index in [9.17, 15) is 18.0 Å². The van der Waals surface area contributed by atoms with Crippen molar-refractivity contribution in [3.05, 3.63) is 59.7 Å². The Labute approximate surface area is 165 Å². The van der Waals surface area contributed by atoms with Crippen molar-refractivity contribution in [2.45, 2.75) is 13.5 Å². The molecule has 0 aliphatic rings. The summed E-state index contributed by atoms with van der Waals surface area (Å²) < 4.78 is 30.6. The molecule has 7 nitrogen and oxygen atoms in total. The van der Waals surface area contributed by atoms with Gasteiger partial charge in [0.05, 0.1) is 19.1 Å². The van der Waals surface area contributed by atoms with Crippen molar-refractivity contribution in [1.29, 1.82) is 0 Å². The number of nitrogens with zero attached hydrogens (tertiary/aromatic N) is 2. The van der Waals surface area contributed by atoms with Gasteiger partial charge in [0.2, 0.25) is 15.9 Å².